The molecule has 1 amide bonds. The summed E-state index contributed by atoms with van der Waals surface area (Å²) in [7, 11) is 1.54. The Morgan fingerprint density at radius 1 is 1.53 bits per heavy atom. The first-order valence-electron chi connectivity index (χ1n) is 5.47. The van der Waals surface area contributed by atoms with Crippen molar-refractivity contribution in [3.8, 4) is 5.75 Å². The smallest absolute Gasteiger partial charge is 0.414 e. The lowest BCUT2D eigenvalue weighted by molar-refractivity contribution is 0.115. The quantitative estimate of drug-likeness (QED) is 0.863. The average molecular weight is 237 g/mol. The largest absolute Gasteiger partial charge is 0.495 e. The fourth-order valence-electron chi connectivity index (χ4n) is 1.93. The van der Waals surface area contributed by atoms with Gasteiger partial charge in [0.25, 0.3) is 0 Å². The second-order valence-electron chi connectivity index (χ2n) is 3.78. The van der Waals surface area contributed by atoms with Gasteiger partial charge in [-0.25, -0.2) is 4.79 Å². The number of nitrogens with zero attached hydrogens (tertiary/aromatic N) is 1. The number of methoxy groups -OCH3 is 1. The summed E-state index contributed by atoms with van der Waals surface area (Å²) < 4.78 is 10.2. The van der Waals surface area contributed by atoms with E-state index in [2.05, 4.69) is 0 Å². The van der Waals surface area contributed by atoms with Crippen molar-refractivity contribution >= 4 is 11.8 Å². The van der Waals surface area contributed by atoms with Crippen molar-refractivity contribution < 1.29 is 19.4 Å². The summed E-state index contributed by atoms with van der Waals surface area (Å²) in [6.07, 6.45) is 0.167. The molecule has 0 aromatic heterocycles. The average Bonchev–Trinajstić information content (AvgIpc) is 2.38. The van der Waals surface area contributed by atoms with Crippen LogP contribution >= 0.6 is 0 Å². The molecule has 0 aliphatic carbocycles. The number of amides is 1. The molecule has 1 atom stereocenters. The van der Waals surface area contributed by atoms with E-state index in [4.69, 9.17) is 9.47 Å². The van der Waals surface area contributed by atoms with Crippen LogP contribution in [0, 0.1) is 0 Å². The maximum atomic E-state index is 11.8. The Kier molecular flexibility index (Phi) is 3.49. The zero-order valence-electron chi connectivity index (χ0n) is 9.63. The van der Waals surface area contributed by atoms with Gasteiger partial charge in [0.15, 0.2) is 0 Å². The Morgan fingerprint density at radius 3 is 3.00 bits per heavy atom. The second kappa shape index (κ2) is 5.05. The monoisotopic (exact) mass is 237 g/mol. The van der Waals surface area contributed by atoms with Crippen LogP contribution < -0.4 is 9.64 Å². The Morgan fingerprint density at radius 2 is 2.29 bits per heavy atom. The van der Waals surface area contributed by atoms with Gasteiger partial charge in [0.2, 0.25) is 0 Å². The molecule has 5 heteroatoms. The number of cyclic esters (lactones) is 1. The number of benzene rings is 1. The van der Waals surface area contributed by atoms with Gasteiger partial charge in [0.05, 0.1) is 32.1 Å². The fraction of sp³-hybridized carbons (Fsp3) is 0.417. The molecular weight excluding hydrogens is 222 g/mol. The van der Waals surface area contributed by atoms with Crippen LogP contribution in [0.3, 0.4) is 0 Å². The number of hydrogen-bond donors (Lipinski definition) is 1. The third kappa shape index (κ3) is 2.19. The molecule has 1 heterocycles. The van der Waals surface area contributed by atoms with Crippen molar-refractivity contribution in [2.24, 2.45) is 0 Å². The van der Waals surface area contributed by atoms with Crippen LogP contribution in [-0.2, 0) is 4.74 Å². The van der Waals surface area contributed by atoms with E-state index in [1.165, 1.54) is 4.90 Å². The number of anilines is 1. The van der Waals surface area contributed by atoms with Crippen molar-refractivity contribution in [1.82, 2.24) is 0 Å². The van der Waals surface area contributed by atoms with Crippen LogP contribution in [0.5, 0.6) is 5.75 Å². The van der Waals surface area contributed by atoms with Crippen LogP contribution in [-0.4, -0.2) is 37.6 Å². The predicted molar refractivity (Wildman–Crippen MR) is 62.3 cm³/mol. The number of ether oxygens (including phenoxy) is 2. The zero-order chi connectivity index (χ0) is 12.3. The molecule has 1 fully saturated rings. The number of aliphatic hydroxyl groups excluding tert-OH is 1. The van der Waals surface area contributed by atoms with Gasteiger partial charge in [-0.15, -0.1) is 0 Å². The molecule has 1 aliphatic rings. The van der Waals surface area contributed by atoms with Gasteiger partial charge in [0.1, 0.15) is 5.75 Å². The highest BCUT2D eigenvalue weighted by molar-refractivity contribution is 5.90. The van der Waals surface area contributed by atoms with Crippen LogP contribution in [0.15, 0.2) is 24.3 Å². The van der Waals surface area contributed by atoms with E-state index < -0.39 is 6.09 Å². The van der Waals surface area contributed by atoms with Gasteiger partial charge in [-0.05, 0) is 12.1 Å². The first kappa shape index (κ1) is 11.7. The minimum atomic E-state index is -0.445. The molecule has 1 N–H and O–H groups in total. The minimum Gasteiger partial charge on any atom is -0.495 e. The Bertz CT molecular complexity index is 407. The van der Waals surface area contributed by atoms with Crippen LogP contribution in [0.1, 0.15) is 6.42 Å². The molecule has 92 valence electrons. The number of para-hydroxylation sites is 2. The standard InChI is InChI=1S/C12H15NO4/c1-16-11-5-3-2-4-10(11)13-9(8-14)6-7-17-12(13)15/h2-5,9,14H,6-8H2,1H3. The van der Waals surface area contributed by atoms with Crippen LogP contribution in [0.2, 0.25) is 0 Å². The molecule has 0 spiro atoms. The second-order valence-corrected chi connectivity index (χ2v) is 3.78. The molecule has 0 bridgehead atoms. The first-order chi connectivity index (χ1) is 8.27. The highest BCUT2D eigenvalue weighted by atomic mass is 16.6. The van der Waals surface area contributed by atoms with Crippen molar-refractivity contribution in [3.05, 3.63) is 24.3 Å². The maximum Gasteiger partial charge on any atom is 0.414 e. The molecule has 1 aliphatic heterocycles. The fourth-order valence-corrected chi connectivity index (χ4v) is 1.93. The van der Waals surface area contributed by atoms with Gasteiger partial charge in [0, 0.05) is 6.42 Å². The molecule has 0 saturated carbocycles. The molecule has 1 saturated heterocycles. The van der Waals surface area contributed by atoms with Crippen LogP contribution in [0.4, 0.5) is 10.5 Å². The Hall–Kier alpha value is -1.75. The molecule has 2 rings (SSSR count). The lowest BCUT2D eigenvalue weighted by Gasteiger charge is -2.34. The zero-order valence-corrected chi connectivity index (χ0v) is 9.63. The topological polar surface area (TPSA) is 59.0 Å². The van der Waals surface area contributed by atoms with E-state index in [0.717, 1.165) is 0 Å². The van der Waals surface area contributed by atoms with Crippen molar-refractivity contribution in [2.45, 2.75) is 12.5 Å². The molecular formula is C12H15NO4. The summed E-state index contributed by atoms with van der Waals surface area (Å²) in [4.78, 5) is 13.2. The van der Waals surface area contributed by atoms with E-state index in [0.29, 0.717) is 24.5 Å². The third-order valence-electron chi connectivity index (χ3n) is 2.79. The van der Waals surface area contributed by atoms with Crippen molar-refractivity contribution in [1.29, 1.82) is 0 Å². The van der Waals surface area contributed by atoms with Crippen molar-refractivity contribution in [2.75, 3.05) is 25.2 Å². The highest BCUT2D eigenvalue weighted by Gasteiger charge is 2.32. The summed E-state index contributed by atoms with van der Waals surface area (Å²) in [6, 6.07) is 6.92. The maximum absolute atomic E-state index is 11.8. The van der Waals surface area contributed by atoms with Crippen molar-refractivity contribution in [3.63, 3.8) is 0 Å². The Balaban J connectivity index is 2.37. The van der Waals surface area contributed by atoms with Gasteiger partial charge >= 0.3 is 6.09 Å². The summed E-state index contributed by atoms with van der Waals surface area (Å²) in [6.45, 7) is 0.253. The van der Waals surface area contributed by atoms with E-state index in [9.17, 15) is 9.90 Å². The van der Waals surface area contributed by atoms with Gasteiger partial charge < -0.3 is 14.6 Å². The SMILES string of the molecule is COc1ccccc1N1C(=O)OCCC1CO. The molecule has 5 nitrogen and oxygen atoms in total. The predicted octanol–water partition coefficient (Wildman–Crippen LogP) is 1.40. The molecule has 1 aromatic rings. The van der Waals surface area contributed by atoms with E-state index in [-0.39, 0.29) is 12.6 Å². The number of aliphatic hydroxyl groups is 1. The summed E-state index contributed by atoms with van der Waals surface area (Å²) in [5.74, 6) is 0.588. The molecule has 1 aromatic carbocycles. The molecule has 0 radical (unpaired) electrons. The summed E-state index contributed by atoms with van der Waals surface area (Å²) in [5, 5.41) is 9.31. The summed E-state index contributed by atoms with van der Waals surface area (Å²) in [5.41, 5.74) is 0.624. The Labute approximate surface area is 99.6 Å². The third-order valence-corrected chi connectivity index (χ3v) is 2.79. The van der Waals surface area contributed by atoms with Gasteiger partial charge in [-0.2, -0.15) is 0 Å². The van der Waals surface area contributed by atoms with E-state index >= 15 is 0 Å². The van der Waals surface area contributed by atoms with Crippen LogP contribution in [0.25, 0.3) is 0 Å². The first-order valence-corrected chi connectivity index (χ1v) is 5.47. The number of rotatable bonds is 3. The lowest BCUT2D eigenvalue weighted by atomic mass is 10.1. The van der Waals surface area contributed by atoms with E-state index in [1.807, 2.05) is 12.1 Å². The van der Waals surface area contributed by atoms with Gasteiger partial charge in [-0.1, -0.05) is 12.1 Å². The molecule has 17 heavy (non-hydrogen) atoms. The van der Waals surface area contributed by atoms with Gasteiger partial charge in [-0.3, -0.25) is 4.90 Å². The highest BCUT2D eigenvalue weighted by Crippen LogP contribution is 2.31. The number of hydrogen-bond acceptors (Lipinski definition) is 4. The minimum absolute atomic E-state index is 0.0901. The normalized spacial score (nSPS) is 20.0. The number of carbonyl (C=O) groups is 1. The lowest BCUT2D eigenvalue weighted by Crippen LogP contribution is -2.47. The number of carbonyl (C=O) groups excluding carboxylic acids is 1. The van der Waals surface area contributed by atoms with E-state index in [1.54, 1.807) is 19.2 Å². The summed E-state index contributed by atoms with van der Waals surface area (Å²) >= 11 is 0. The molecule has 1 unspecified atom stereocenters.